The predicted molar refractivity (Wildman–Crippen MR) is 130 cm³/mol. The number of ether oxygens (including phenoxy) is 2. The molecule has 0 fully saturated rings. The molecule has 2 N–H and O–H groups in total. The fourth-order valence-electron chi connectivity index (χ4n) is 2.95. The molecule has 0 aliphatic carbocycles. The Morgan fingerprint density at radius 2 is 1.58 bits per heavy atom. The molecule has 0 saturated carbocycles. The first-order valence-electron chi connectivity index (χ1n) is 10.2. The van der Waals surface area contributed by atoms with E-state index < -0.39 is 16.1 Å². The van der Waals surface area contributed by atoms with Crippen molar-refractivity contribution in [3.05, 3.63) is 77.3 Å². The smallest absolute Gasteiger partial charge is 0.265 e. The Hall–Kier alpha value is -3.23. The maximum Gasteiger partial charge on any atom is 0.265 e. The van der Waals surface area contributed by atoms with Gasteiger partial charge in [0.05, 0.1) is 17.7 Å². The fourth-order valence-corrected chi connectivity index (χ4v) is 4.18. The summed E-state index contributed by atoms with van der Waals surface area (Å²) in [7, 11) is -2.24. The van der Waals surface area contributed by atoms with Crippen LogP contribution in [0.2, 0.25) is 5.02 Å². The highest BCUT2D eigenvalue weighted by molar-refractivity contribution is 7.92. The predicted octanol–water partition coefficient (Wildman–Crippen LogP) is 5.25. The summed E-state index contributed by atoms with van der Waals surface area (Å²) < 4.78 is 38.7. The molecule has 0 bridgehead atoms. The summed E-state index contributed by atoms with van der Waals surface area (Å²) in [5, 5.41) is 3.22. The van der Waals surface area contributed by atoms with Crippen molar-refractivity contribution in [1.29, 1.82) is 0 Å². The zero-order valence-corrected chi connectivity index (χ0v) is 20.0. The summed E-state index contributed by atoms with van der Waals surface area (Å²) in [6, 6.07) is 17.7. The zero-order valence-electron chi connectivity index (χ0n) is 18.5. The Labute approximate surface area is 198 Å². The van der Waals surface area contributed by atoms with Gasteiger partial charge in [-0.1, -0.05) is 24.6 Å². The van der Waals surface area contributed by atoms with Crippen molar-refractivity contribution in [3.8, 4) is 11.5 Å². The van der Waals surface area contributed by atoms with Gasteiger partial charge in [0.2, 0.25) is 0 Å². The highest BCUT2D eigenvalue weighted by Gasteiger charge is 2.20. The van der Waals surface area contributed by atoms with Crippen molar-refractivity contribution >= 4 is 38.9 Å². The van der Waals surface area contributed by atoms with Crippen LogP contribution in [0, 0.1) is 6.92 Å². The largest absolute Gasteiger partial charge is 0.497 e. The molecular formula is C24H25ClN2O5S. The molecule has 0 spiro atoms. The number of rotatable bonds is 9. The lowest BCUT2D eigenvalue weighted by molar-refractivity contribution is -0.122. The number of hydrogen-bond acceptors (Lipinski definition) is 5. The molecule has 0 heterocycles. The van der Waals surface area contributed by atoms with E-state index in [-0.39, 0.29) is 10.8 Å². The van der Waals surface area contributed by atoms with Gasteiger partial charge in [0.15, 0.2) is 6.10 Å². The van der Waals surface area contributed by atoms with Crippen molar-refractivity contribution in [2.24, 2.45) is 0 Å². The Balaban J connectivity index is 1.65. The van der Waals surface area contributed by atoms with Crippen LogP contribution in [-0.4, -0.2) is 27.5 Å². The second kappa shape index (κ2) is 10.6. The average molecular weight is 489 g/mol. The minimum absolute atomic E-state index is 0.0544. The lowest BCUT2D eigenvalue weighted by Gasteiger charge is -2.17. The van der Waals surface area contributed by atoms with E-state index in [1.807, 2.05) is 13.8 Å². The number of hydrogen-bond donors (Lipinski definition) is 2. The van der Waals surface area contributed by atoms with E-state index in [2.05, 4.69) is 10.0 Å². The van der Waals surface area contributed by atoms with Crippen molar-refractivity contribution in [3.63, 3.8) is 0 Å². The number of sulfonamides is 1. The highest BCUT2D eigenvalue weighted by Crippen LogP contribution is 2.24. The third kappa shape index (κ3) is 6.40. The molecule has 9 heteroatoms. The fraction of sp³-hybridized carbons (Fsp3) is 0.208. The lowest BCUT2D eigenvalue weighted by atomic mass is 10.2. The molecule has 3 aromatic rings. The number of carbonyl (C=O) groups is 1. The molecule has 1 atom stereocenters. The van der Waals surface area contributed by atoms with Gasteiger partial charge in [-0.2, -0.15) is 0 Å². The normalized spacial score (nSPS) is 12.0. The minimum Gasteiger partial charge on any atom is -0.497 e. The van der Waals surface area contributed by atoms with E-state index in [4.69, 9.17) is 21.1 Å². The van der Waals surface area contributed by atoms with Crippen LogP contribution in [0.25, 0.3) is 0 Å². The van der Waals surface area contributed by atoms with Gasteiger partial charge in [-0.3, -0.25) is 9.52 Å². The van der Waals surface area contributed by atoms with Gasteiger partial charge < -0.3 is 14.8 Å². The molecule has 0 aromatic heterocycles. The Bertz CT molecular complexity index is 1210. The van der Waals surface area contributed by atoms with Crippen molar-refractivity contribution in [2.75, 3.05) is 17.1 Å². The maximum absolute atomic E-state index is 12.7. The van der Waals surface area contributed by atoms with Crippen LogP contribution in [0.4, 0.5) is 11.4 Å². The van der Waals surface area contributed by atoms with E-state index in [1.54, 1.807) is 49.6 Å². The van der Waals surface area contributed by atoms with Gasteiger partial charge in [-0.15, -0.1) is 0 Å². The van der Waals surface area contributed by atoms with Crippen LogP contribution >= 0.6 is 11.6 Å². The van der Waals surface area contributed by atoms with Crippen LogP contribution in [0.3, 0.4) is 0 Å². The molecule has 0 aliphatic heterocycles. The first-order chi connectivity index (χ1) is 15.7. The molecule has 0 radical (unpaired) electrons. The molecule has 33 heavy (non-hydrogen) atoms. The van der Waals surface area contributed by atoms with Crippen LogP contribution in [-0.2, 0) is 14.8 Å². The van der Waals surface area contributed by atoms with Gasteiger partial charge in [0, 0.05) is 10.7 Å². The van der Waals surface area contributed by atoms with Gasteiger partial charge in [-0.25, -0.2) is 8.42 Å². The van der Waals surface area contributed by atoms with E-state index >= 15 is 0 Å². The molecule has 7 nitrogen and oxygen atoms in total. The maximum atomic E-state index is 12.7. The second-order valence-electron chi connectivity index (χ2n) is 7.27. The molecular weight excluding hydrogens is 464 g/mol. The first kappa shape index (κ1) is 24.4. The number of aryl methyl sites for hydroxylation is 1. The van der Waals surface area contributed by atoms with E-state index in [0.717, 1.165) is 5.56 Å². The topological polar surface area (TPSA) is 93.7 Å². The number of methoxy groups -OCH3 is 1. The molecule has 174 valence electrons. The second-order valence-corrected chi connectivity index (χ2v) is 9.36. The third-order valence-corrected chi connectivity index (χ3v) is 6.66. The SMILES string of the molecule is CC[C@H](Oc1ccc(OC)cc1)C(=O)Nc1ccc(S(=O)(=O)Nc2ccc(C)c(Cl)c2)cc1. The quantitative estimate of drug-likeness (QED) is 0.429. The number of amides is 1. The Kier molecular flexibility index (Phi) is 7.84. The van der Waals surface area contributed by atoms with Crippen molar-refractivity contribution < 1.29 is 22.7 Å². The zero-order chi connectivity index (χ0) is 24.0. The van der Waals surface area contributed by atoms with E-state index in [9.17, 15) is 13.2 Å². The Morgan fingerprint density at radius 3 is 2.15 bits per heavy atom. The number of benzene rings is 3. The molecule has 3 aromatic carbocycles. The van der Waals surface area contributed by atoms with Crippen molar-refractivity contribution in [1.82, 2.24) is 0 Å². The standard InChI is InChI=1S/C24H25ClN2O5S/c1-4-23(32-20-11-9-19(31-3)10-12-20)24(28)26-17-7-13-21(14-8-17)33(29,30)27-18-6-5-16(2)22(25)15-18/h5-15,23,27H,4H2,1-3H3,(H,26,28)/t23-/m0/s1. The number of halogens is 1. The van der Waals surface area contributed by atoms with Gasteiger partial charge in [-0.05, 0) is 79.6 Å². The molecule has 3 rings (SSSR count). The van der Waals surface area contributed by atoms with Crippen LogP contribution in [0.1, 0.15) is 18.9 Å². The van der Waals surface area contributed by atoms with Gasteiger partial charge in [0.1, 0.15) is 11.5 Å². The van der Waals surface area contributed by atoms with Crippen molar-refractivity contribution in [2.45, 2.75) is 31.3 Å². The molecule has 0 aliphatic rings. The third-order valence-electron chi connectivity index (χ3n) is 4.86. The van der Waals surface area contributed by atoms with Crippen LogP contribution in [0.15, 0.2) is 71.6 Å². The molecule has 0 saturated heterocycles. The van der Waals surface area contributed by atoms with Gasteiger partial charge >= 0.3 is 0 Å². The summed E-state index contributed by atoms with van der Waals surface area (Å²) in [6.45, 7) is 3.67. The summed E-state index contributed by atoms with van der Waals surface area (Å²) in [4.78, 5) is 12.7. The van der Waals surface area contributed by atoms with Crippen LogP contribution < -0.4 is 19.5 Å². The molecule has 1 amide bonds. The summed E-state index contributed by atoms with van der Waals surface area (Å²) in [5.74, 6) is 0.896. The number of nitrogens with one attached hydrogen (secondary N) is 2. The van der Waals surface area contributed by atoms with Crippen LogP contribution in [0.5, 0.6) is 11.5 Å². The summed E-state index contributed by atoms with van der Waals surface area (Å²) >= 11 is 6.07. The summed E-state index contributed by atoms with van der Waals surface area (Å²) in [6.07, 6.45) is -0.261. The van der Waals surface area contributed by atoms with E-state index in [1.165, 1.54) is 24.3 Å². The first-order valence-corrected chi connectivity index (χ1v) is 12.1. The number of carbonyl (C=O) groups excluding carboxylic acids is 1. The molecule has 0 unspecified atom stereocenters. The van der Waals surface area contributed by atoms with E-state index in [0.29, 0.717) is 34.3 Å². The highest BCUT2D eigenvalue weighted by atomic mass is 35.5. The minimum atomic E-state index is -3.81. The number of anilines is 2. The average Bonchev–Trinajstić information content (AvgIpc) is 2.80. The monoisotopic (exact) mass is 488 g/mol. The lowest BCUT2D eigenvalue weighted by Crippen LogP contribution is -2.32. The van der Waals surface area contributed by atoms with Gasteiger partial charge in [0.25, 0.3) is 15.9 Å². The Morgan fingerprint density at radius 1 is 0.970 bits per heavy atom. The summed E-state index contributed by atoms with van der Waals surface area (Å²) in [5.41, 5.74) is 1.67.